The molecule has 30 rings (SSSR count). The van der Waals surface area contributed by atoms with E-state index in [1.165, 1.54) is 114 Å². The average molecular weight is 1920 g/mol. The van der Waals surface area contributed by atoms with Crippen molar-refractivity contribution in [2.75, 3.05) is 12.5 Å². The Bertz CT molecular complexity index is 9960. The lowest BCUT2D eigenvalue weighted by Gasteiger charge is -2.38. The van der Waals surface area contributed by atoms with Crippen molar-refractivity contribution >= 4 is 125 Å². The number of benzene rings is 20. The maximum atomic E-state index is 14.8. The van der Waals surface area contributed by atoms with Crippen LogP contribution >= 0.6 is 10.0 Å². The van der Waals surface area contributed by atoms with Crippen LogP contribution in [0.5, 0.6) is 0 Å². The molecule has 7 aromatic heterocycles. The summed E-state index contributed by atoms with van der Waals surface area (Å²) >= 11 is 0. The van der Waals surface area contributed by atoms with Crippen molar-refractivity contribution in [3.63, 3.8) is 0 Å². The van der Waals surface area contributed by atoms with Gasteiger partial charge >= 0.3 is 0 Å². The zero-order valence-corrected chi connectivity index (χ0v) is 82.3. The summed E-state index contributed by atoms with van der Waals surface area (Å²) in [5, 5.41) is 26.7. The molecule has 11 nitrogen and oxygen atoms in total. The monoisotopic (exact) mass is 1920 g/mol. The van der Waals surface area contributed by atoms with Crippen molar-refractivity contribution < 1.29 is 4.42 Å². The summed E-state index contributed by atoms with van der Waals surface area (Å²) in [4.78, 5) is 28.3. The van der Waals surface area contributed by atoms with Gasteiger partial charge in [-0.3, -0.25) is 18.8 Å². The van der Waals surface area contributed by atoms with Gasteiger partial charge in [0, 0.05) is 128 Å². The molecule has 27 aromatic rings. The van der Waals surface area contributed by atoms with E-state index in [9.17, 15) is 5.21 Å². The average Bonchev–Trinajstić information content (AvgIpc) is 1.58. The first-order chi connectivity index (χ1) is 72.7. The van der Waals surface area contributed by atoms with Crippen molar-refractivity contribution in [2.24, 2.45) is 0 Å². The van der Waals surface area contributed by atoms with Crippen molar-refractivity contribution in [3.05, 3.63) is 508 Å². The van der Waals surface area contributed by atoms with Crippen LogP contribution in [0.3, 0.4) is 0 Å². The van der Waals surface area contributed by atoms with E-state index in [0.29, 0.717) is 17.6 Å². The highest BCUT2D eigenvalue weighted by molar-refractivity contribution is 8.33. The van der Waals surface area contributed by atoms with E-state index in [4.69, 9.17) is 24.4 Å². The smallest absolute Gasteiger partial charge is 0.235 e. The molecule has 0 saturated carbocycles. The van der Waals surface area contributed by atoms with Gasteiger partial charge in [0.25, 0.3) is 0 Å². The van der Waals surface area contributed by atoms with Gasteiger partial charge in [0.05, 0.1) is 67.1 Å². The van der Waals surface area contributed by atoms with Crippen LogP contribution in [0.15, 0.2) is 506 Å². The third-order valence-corrected chi connectivity index (χ3v) is 33.5. The SMILES string of the molecule is CC1(C)c2cc(-c3ccccn3)ccc2-c2ccc(-n3c4ccc(-c5ccc6oc7ccccc7c6c5)cc4c4c5ccccc5ccc43)cc21.CS1(C)c2ccccc2-c2cc(-c3ccc4c(c3)c3ccccc3n4-c3nc(-c4ccccc4)cc(-c4ccccc4)n3)ccc21.[O-][N+]1(c2ccccc2)c2ccccc2-c2cc(-c3ccc4c(c3)c3ccccc3n4-c3nc(-c4ccccc4)cc(-c4ccccc4)n3)ccc21. The molecule has 148 heavy (non-hydrogen) atoms. The summed E-state index contributed by atoms with van der Waals surface area (Å²) in [5.74, 6) is 1.28. The van der Waals surface area contributed by atoms with Crippen LogP contribution in [0, 0.1) is 5.21 Å². The fourth-order valence-corrected chi connectivity index (χ4v) is 25.9. The number of hydrogen-bond donors (Lipinski definition) is 0. The van der Waals surface area contributed by atoms with E-state index in [0.717, 1.165) is 145 Å². The molecule has 1 aliphatic carbocycles. The molecule has 0 bridgehead atoms. The quantitative estimate of drug-likeness (QED) is 0.0884. The van der Waals surface area contributed by atoms with E-state index in [1.54, 1.807) is 0 Å². The van der Waals surface area contributed by atoms with Crippen LogP contribution in [0.4, 0.5) is 17.1 Å². The van der Waals surface area contributed by atoms with Crippen LogP contribution in [0.2, 0.25) is 0 Å². The molecule has 0 fully saturated rings. The van der Waals surface area contributed by atoms with E-state index >= 15 is 0 Å². The maximum absolute atomic E-state index is 14.8. The van der Waals surface area contributed by atoms with Gasteiger partial charge in [-0.15, -0.1) is 0 Å². The Morgan fingerprint density at radius 2 is 0.676 bits per heavy atom. The van der Waals surface area contributed by atoms with Gasteiger partial charge in [0.1, 0.15) is 16.9 Å². The Kier molecular flexibility index (Phi) is 20.4. The third kappa shape index (κ3) is 14.2. The van der Waals surface area contributed by atoms with Gasteiger partial charge in [-0.05, 0) is 242 Å². The Morgan fingerprint density at radius 3 is 1.27 bits per heavy atom. The Morgan fingerprint density at radius 1 is 0.257 bits per heavy atom. The second-order valence-corrected chi connectivity index (χ2v) is 43.2. The topological polar surface area (TPSA) is 115 Å². The Balaban J connectivity index is 0.000000107. The fraction of sp³-hybridized carbons (Fsp3) is 0.0368. The molecule has 0 spiro atoms. The third-order valence-electron chi connectivity index (χ3n) is 30.6. The zero-order valence-electron chi connectivity index (χ0n) is 81.5. The Labute approximate surface area is 856 Å². The number of rotatable bonds is 12. The first-order valence-corrected chi connectivity index (χ1v) is 52.7. The second-order valence-electron chi connectivity index (χ2n) is 39.6. The molecular formula is C136H93N9O2S. The predicted octanol–water partition coefficient (Wildman–Crippen LogP) is 35.9. The number of nitrogens with zero attached hydrogens (tertiary/aromatic N) is 9. The van der Waals surface area contributed by atoms with Gasteiger partial charge in [-0.2, -0.15) is 10.0 Å². The minimum atomic E-state index is -1.02. The molecule has 1 unspecified atom stereocenters. The molecular weight excluding hydrogens is 1820 g/mol. The summed E-state index contributed by atoms with van der Waals surface area (Å²) in [6.45, 7) is 4.71. The van der Waals surface area contributed by atoms with Gasteiger partial charge in [-0.25, -0.2) is 19.9 Å². The van der Waals surface area contributed by atoms with Crippen LogP contribution in [-0.4, -0.2) is 51.1 Å². The second kappa shape index (κ2) is 34.6. The molecule has 2 aliphatic heterocycles. The van der Waals surface area contributed by atoms with E-state index in [-0.39, 0.29) is 5.41 Å². The minimum Gasteiger partial charge on any atom is -0.616 e. The molecule has 0 amide bonds. The molecule has 12 heteroatoms. The zero-order chi connectivity index (χ0) is 98.6. The van der Waals surface area contributed by atoms with Gasteiger partial charge in [-0.1, -0.05) is 323 Å². The maximum Gasteiger partial charge on any atom is 0.235 e. The predicted molar refractivity (Wildman–Crippen MR) is 615 cm³/mol. The lowest BCUT2D eigenvalue weighted by molar-refractivity contribution is 0.660. The van der Waals surface area contributed by atoms with Crippen LogP contribution < -0.4 is 4.65 Å². The number of hydrogen-bond acceptors (Lipinski definition) is 7. The number of pyridine rings is 1. The van der Waals surface area contributed by atoms with Crippen LogP contribution in [-0.2, 0) is 5.41 Å². The molecule has 0 radical (unpaired) electrons. The summed E-state index contributed by atoms with van der Waals surface area (Å²) < 4.78 is 12.4. The number of para-hydroxylation sites is 5. The summed E-state index contributed by atoms with van der Waals surface area (Å²) in [5.41, 5.74) is 38.5. The highest BCUT2D eigenvalue weighted by Gasteiger charge is 2.41. The molecule has 9 heterocycles. The summed E-state index contributed by atoms with van der Waals surface area (Å²) in [7, 11) is -1.02. The number of furan rings is 1. The normalized spacial score (nSPS) is 14.1. The minimum absolute atomic E-state index is 0.167. The lowest BCUT2D eigenvalue weighted by atomic mass is 9.81. The Hall–Kier alpha value is -18.6. The molecule has 0 N–H and O–H groups in total. The van der Waals surface area contributed by atoms with Gasteiger partial charge in [0.2, 0.25) is 11.9 Å². The van der Waals surface area contributed by atoms with E-state index in [1.807, 2.05) is 128 Å². The number of aromatic nitrogens is 8. The lowest BCUT2D eigenvalue weighted by Crippen LogP contribution is -2.28. The standard InChI is InChI=1S/C48H32N2O.C46H30N4O.C42H31N3S/c1-48(2)40-27-32(42-12-7-8-24-49-42)14-19-35(40)36-20-18-33(28-41(36)48)50-43-21-16-30(26-39(43)47-34-10-4-3-9-29(34)15-22-44(47)50)31-17-23-46-38(25-31)37-11-5-6-13-45(37)51-46;51-50(35-18-8-3-9-19-35)44-23-13-11-21-37(44)39-29-34(25-27-45(39)50)33-24-26-43-38(28-33)36-20-10-12-22-42(36)49(43)46-47-40(31-14-4-1-5-15-31)30-41(48-46)32-16-6-2-7-17-32;1-46(2)40-20-12-10-18-33(40)35-26-31(22-24-41(35)46)30-21-23-39-34(25-30)32-17-9-11-19-38(32)45(39)42-43-36(28-13-5-3-6-14-28)27-37(44-42)29-15-7-4-8-16-29/h3-28H,1-2H3;1-30H;3-27H,1-2H3. The van der Waals surface area contributed by atoms with Crippen molar-refractivity contribution in [3.8, 4) is 141 Å². The van der Waals surface area contributed by atoms with Crippen molar-refractivity contribution in [1.29, 1.82) is 0 Å². The van der Waals surface area contributed by atoms with E-state index < -0.39 is 14.7 Å². The van der Waals surface area contributed by atoms with Crippen molar-refractivity contribution in [1.82, 2.24) is 43.3 Å². The molecule has 20 aromatic carbocycles. The highest BCUT2D eigenvalue weighted by Crippen LogP contribution is 2.68. The first-order valence-electron chi connectivity index (χ1n) is 50.3. The van der Waals surface area contributed by atoms with Gasteiger partial charge in [0.15, 0.2) is 11.4 Å². The highest BCUT2D eigenvalue weighted by atomic mass is 32.3. The fourth-order valence-electron chi connectivity index (χ4n) is 23.4. The number of fused-ring (bicyclic) bond motifs is 23. The molecule has 3 aliphatic rings. The summed E-state index contributed by atoms with van der Waals surface area (Å²) in [6, 6.07) is 171. The number of quaternary nitrogens is 1. The molecule has 700 valence electrons. The molecule has 0 saturated heterocycles. The van der Waals surface area contributed by atoms with Gasteiger partial charge < -0.3 is 14.2 Å². The van der Waals surface area contributed by atoms with Crippen LogP contribution in [0.1, 0.15) is 25.0 Å². The first kappa shape index (κ1) is 87.3. The van der Waals surface area contributed by atoms with E-state index in [2.05, 4.69) is 409 Å². The summed E-state index contributed by atoms with van der Waals surface area (Å²) in [6.07, 6.45) is 6.69. The van der Waals surface area contributed by atoms with Crippen LogP contribution in [0.25, 0.3) is 239 Å². The molecule has 1 atom stereocenters. The van der Waals surface area contributed by atoms with Crippen molar-refractivity contribution in [2.45, 2.75) is 29.1 Å². The largest absolute Gasteiger partial charge is 0.616 e.